The minimum atomic E-state index is -0.707. The zero-order valence-electron chi connectivity index (χ0n) is 9.71. The molecule has 0 saturated heterocycles. The zero-order chi connectivity index (χ0) is 11.8. The van der Waals surface area contributed by atoms with Crippen molar-refractivity contribution in [1.82, 2.24) is 0 Å². The van der Waals surface area contributed by atoms with Crippen molar-refractivity contribution in [2.75, 3.05) is 0 Å². The second-order valence-electron chi connectivity index (χ2n) is 4.35. The Hall–Kier alpha value is -1.12. The van der Waals surface area contributed by atoms with Crippen LogP contribution in [0.15, 0.2) is 11.6 Å². The van der Waals surface area contributed by atoms with Crippen molar-refractivity contribution in [2.45, 2.75) is 57.8 Å². The van der Waals surface area contributed by atoms with Gasteiger partial charge in [0.2, 0.25) is 0 Å². The first kappa shape index (κ1) is 12.9. The van der Waals surface area contributed by atoms with E-state index >= 15 is 0 Å². The molecule has 1 rings (SSSR count). The molecule has 90 valence electrons. The van der Waals surface area contributed by atoms with E-state index in [4.69, 9.17) is 5.11 Å². The molecule has 0 radical (unpaired) electrons. The van der Waals surface area contributed by atoms with Crippen LogP contribution in [0, 0.1) is 0 Å². The molecule has 0 aromatic carbocycles. The standard InChI is InChI=1S/C13H20O3/c14-12-9-6-8-11(12)7-4-2-1-3-5-10-13(15)16/h8H,1-7,9-10H2,(H,15,16). The van der Waals surface area contributed by atoms with Gasteiger partial charge >= 0.3 is 5.97 Å². The molecule has 1 N–H and O–H groups in total. The first-order valence-corrected chi connectivity index (χ1v) is 6.14. The summed E-state index contributed by atoms with van der Waals surface area (Å²) in [6.45, 7) is 0. The summed E-state index contributed by atoms with van der Waals surface area (Å²) in [4.78, 5) is 21.5. The maximum absolute atomic E-state index is 11.3. The number of carbonyl (C=O) groups is 2. The minimum absolute atomic E-state index is 0.281. The second-order valence-corrected chi connectivity index (χ2v) is 4.35. The Morgan fingerprint density at radius 2 is 1.88 bits per heavy atom. The van der Waals surface area contributed by atoms with Gasteiger partial charge in [0.05, 0.1) is 0 Å². The maximum Gasteiger partial charge on any atom is 0.303 e. The number of hydrogen-bond donors (Lipinski definition) is 1. The van der Waals surface area contributed by atoms with Gasteiger partial charge < -0.3 is 5.11 Å². The molecule has 0 spiro atoms. The summed E-state index contributed by atoms with van der Waals surface area (Å²) in [5.41, 5.74) is 1.02. The number of carboxylic acids is 1. The van der Waals surface area contributed by atoms with Crippen LogP contribution in [0.1, 0.15) is 57.8 Å². The van der Waals surface area contributed by atoms with E-state index in [1.54, 1.807) is 0 Å². The van der Waals surface area contributed by atoms with Gasteiger partial charge in [-0.1, -0.05) is 25.3 Å². The number of rotatable bonds is 8. The normalized spacial score (nSPS) is 15.2. The van der Waals surface area contributed by atoms with Gasteiger partial charge in [0.15, 0.2) is 5.78 Å². The summed E-state index contributed by atoms with van der Waals surface area (Å²) in [5.74, 6) is -0.382. The average molecular weight is 224 g/mol. The number of carbonyl (C=O) groups excluding carboxylic acids is 1. The van der Waals surface area contributed by atoms with Crippen LogP contribution >= 0.6 is 0 Å². The second kappa shape index (κ2) is 7.20. The highest BCUT2D eigenvalue weighted by Gasteiger charge is 2.13. The smallest absolute Gasteiger partial charge is 0.303 e. The summed E-state index contributed by atoms with van der Waals surface area (Å²) in [5, 5.41) is 8.44. The van der Waals surface area contributed by atoms with Gasteiger partial charge in [0.1, 0.15) is 0 Å². The molecule has 1 aliphatic rings. The predicted molar refractivity (Wildman–Crippen MR) is 62.3 cm³/mol. The van der Waals surface area contributed by atoms with E-state index in [9.17, 15) is 9.59 Å². The molecule has 0 bridgehead atoms. The fraction of sp³-hybridized carbons (Fsp3) is 0.692. The van der Waals surface area contributed by atoms with Crippen molar-refractivity contribution in [1.29, 1.82) is 0 Å². The van der Waals surface area contributed by atoms with E-state index in [0.29, 0.717) is 12.2 Å². The topological polar surface area (TPSA) is 54.4 Å². The molecule has 0 aromatic heterocycles. The summed E-state index contributed by atoms with van der Waals surface area (Å²) < 4.78 is 0. The first-order chi connectivity index (χ1) is 7.70. The average Bonchev–Trinajstić information content (AvgIpc) is 2.62. The summed E-state index contributed by atoms with van der Waals surface area (Å²) in [6.07, 6.45) is 9.88. The summed E-state index contributed by atoms with van der Waals surface area (Å²) in [7, 11) is 0. The highest BCUT2D eigenvalue weighted by molar-refractivity contribution is 5.97. The molecule has 3 nitrogen and oxygen atoms in total. The van der Waals surface area contributed by atoms with Gasteiger partial charge in [-0.3, -0.25) is 9.59 Å². The van der Waals surface area contributed by atoms with E-state index < -0.39 is 5.97 Å². The number of carboxylic acid groups (broad SMARTS) is 1. The van der Waals surface area contributed by atoms with Crippen molar-refractivity contribution in [3.05, 3.63) is 11.6 Å². The molecule has 0 aliphatic heterocycles. The fourth-order valence-electron chi connectivity index (χ4n) is 2.02. The lowest BCUT2D eigenvalue weighted by molar-refractivity contribution is -0.137. The third-order valence-corrected chi connectivity index (χ3v) is 2.96. The van der Waals surface area contributed by atoms with E-state index in [0.717, 1.165) is 50.5 Å². The summed E-state index contributed by atoms with van der Waals surface area (Å²) in [6, 6.07) is 0. The Bertz CT molecular complexity index is 279. The largest absolute Gasteiger partial charge is 0.481 e. The van der Waals surface area contributed by atoms with Crippen LogP contribution in [0.25, 0.3) is 0 Å². The highest BCUT2D eigenvalue weighted by Crippen LogP contribution is 2.20. The SMILES string of the molecule is O=C(O)CCCCCCCC1=CCCC1=O. The molecule has 0 amide bonds. The molecule has 1 aliphatic carbocycles. The third kappa shape index (κ3) is 5.10. The lowest BCUT2D eigenvalue weighted by Crippen LogP contribution is -1.96. The van der Waals surface area contributed by atoms with Crippen molar-refractivity contribution >= 4 is 11.8 Å². The Kier molecular flexibility index (Phi) is 5.83. The number of Topliss-reactive ketones (excluding diaryl/α,β-unsaturated/α-hetero) is 1. The lowest BCUT2D eigenvalue weighted by Gasteiger charge is -2.01. The molecule has 0 heterocycles. The lowest BCUT2D eigenvalue weighted by atomic mass is 10.0. The van der Waals surface area contributed by atoms with Gasteiger partial charge in [0.25, 0.3) is 0 Å². The monoisotopic (exact) mass is 224 g/mol. The van der Waals surface area contributed by atoms with Gasteiger partial charge in [-0.25, -0.2) is 0 Å². The van der Waals surface area contributed by atoms with Crippen molar-refractivity contribution in [2.24, 2.45) is 0 Å². The Morgan fingerprint density at radius 1 is 1.19 bits per heavy atom. The molecule has 0 unspecified atom stereocenters. The minimum Gasteiger partial charge on any atom is -0.481 e. The molecule has 0 fully saturated rings. The van der Waals surface area contributed by atoms with Crippen LogP contribution in [0.3, 0.4) is 0 Å². The molecular formula is C13H20O3. The highest BCUT2D eigenvalue weighted by atomic mass is 16.4. The van der Waals surface area contributed by atoms with Crippen molar-refractivity contribution in [3.63, 3.8) is 0 Å². The van der Waals surface area contributed by atoms with Gasteiger partial charge in [-0.05, 0) is 31.3 Å². The molecular weight excluding hydrogens is 204 g/mol. The van der Waals surface area contributed by atoms with E-state index in [1.165, 1.54) is 0 Å². The Labute approximate surface area is 96.5 Å². The molecule has 3 heteroatoms. The number of aliphatic carboxylic acids is 1. The van der Waals surface area contributed by atoms with E-state index in [2.05, 4.69) is 6.08 Å². The van der Waals surface area contributed by atoms with Crippen LogP contribution in [-0.2, 0) is 9.59 Å². The van der Waals surface area contributed by atoms with Crippen LogP contribution in [-0.4, -0.2) is 16.9 Å². The maximum atomic E-state index is 11.3. The number of hydrogen-bond acceptors (Lipinski definition) is 2. The van der Waals surface area contributed by atoms with Crippen molar-refractivity contribution < 1.29 is 14.7 Å². The van der Waals surface area contributed by atoms with Crippen LogP contribution < -0.4 is 0 Å². The van der Waals surface area contributed by atoms with E-state index in [-0.39, 0.29) is 6.42 Å². The number of ketones is 1. The zero-order valence-corrected chi connectivity index (χ0v) is 9.71. The van der Waals surface area contributed by atoms with Gasteiger partial charge in [0, 0.05) is 12.8 Å². The van der Waals surface area contributed by atoms with Crippen LogP contribution in [0.4, 0.5) is 0 Å². The first-order valence-electron chi connectivity index (χ1n) is 6.14. The molecule has 0 atom stereocenters. The quantitative estimate of drug-likeness (QED) is 0.644. The fourth-order valence-corrected chi connectivity index (χ4v) is 2.02. The summed E-state index contributed by atoms with van der Waals surface area (Å²) >= 11 is 0. The Balaban J connectivity index is 1.92. The predicted octanol–water partition coefficient (Wildman–Crippen LogP) is 3.09. The van der Waals surface area contributed by atoms with Gasteiger partial charge in [-0.2, -0.15) is 0 Å². The number of allylic oxidation sites excluding steroid dienone is 2. The molecule has 0 aromatic rings. The van der Waals surface area contributed by atoms with Crippen LogP contribution in [0.5, 0.6) is 0 Å². The Morgan fingerprint density at radius 3 is 2.50 bits per heavy atom. The van der Waals surface area contributed by atoms with Gasteiger partial charge in [-0.15, -0.1) is 0 Å². The molecule has 16 heavy (non-hydrogen) atoms. The van der Waals surface area contributed by atoms with Crippen molar-refractivity contribution in [3.8, 4) is 0 Å². The third-order valence-electron chi connectivity index (χ3n) is 2.96. The van der Waals surface area contributed by atoms with Crippen LogP contribution in [0.2, 0.25) is 0 Å². The molecule has 0 saturated carbocycles. The van der Waals surface area contributed by atoms with E-state index in [1.807, 2.05) is 0 Å². The number of unbranched alkanes of at least 4 members (excludes halogenated alkanes) is 4.